The van der Waals surface area contributed by atoms with E-state index in [9.17, 15) is 14.7 Å². The van der Waals surface area contributed by atoms with Gasteiger partial charge in [-0.3, -0.25) is 4.79 Å². The predicted molar refractivity (Wildman–Crippen MR) is 81.6 cm³/mol. The lowest BCUT2D eigenvalue weighted by atomic mass is 9.96. The molecule has 0 saturated carbocycles. The summed E-state index contributed by atoms with van der Waals surface area (Å²) in [6.07, 6.45) is 2.78. The van der Waals surface area contributed by atoms with Gasteiger partial charge in [-0.1, -0.05) is 18.7 Å². The number of carbonyl (C=O) groups excluding carboxylic acids is 1. The molecule has 1 amide bonds. The van der Waals surface area contributed by atoms with Gasteiger partial charge in [-0.25, -0.2) is 4.79 Å². The van der Waals surface area contributed by atoms with E-state index in [1.54, 1.807) is 12.1 Å². The number of ether oxygens (including phenoxy) is 1. The van der Waals surface area contributed by atoms with Crippen LogP contribution in [0, 0.1) is 0 Å². The van der Waals surface area contributed by atoms with E-state index in [-0.39, 0.29) is 5.91 Å². The molecule has 0 radical (unpaired) electrons. The summed E-state index contributed by atoms with van der Waals surface area (Å²) in [5.41, 5.74) is -1.62. The summed E-state index contributed by atoms with van der Waals surface area (Å²) in [4.78, 5) is 21.8. The number of nitrogens with one attached hydrogen (secondary N) is 1. The number of carboxylic acid groups (broad SMARTS) is 1. The second-order valence-electron chi connectivity index (χ2n) is 4.95. The smallest absolute Gasteiger partial charge is 0.340 e. The molecule has 1 unspecified atom stereocenters. The monoisotopic (exact) mass is 307 g/mol. The number of hydrogen-bond acceptors (Lipinski definition) is 4. The number of benzene rings is 1. The van der Waals surface area contributed by atoms with Crippen molar-refractivity contribution in [3.8, 4) is 5.75 Å². The van der Waals surface area contributed by atoms with Gasteiger partial charge < -0.3 is 20.3 Å². The maximum atomic E-state index is 10.9. The van der Waals surface area contributed by atoms with Gasteiger partial charge in [-0.05, 0) is 43.5 Å². The third-order valence-electron chi connectivity index (χ3n) is 3.16. The minimum absolute atomic E-state index is 0.193. The average molecular weight is 307 g/mol. The molecule has 0 bridgehead atoms. The van der Waals surface area contributed by atoms with E-state index in [4.69, 9.17) is 9.84 Å². The normalized spacial score (nSPS) is 13.0. The Morgan fingerprint density at radius 2 is 1.95 bits per heavy atom. The molecule has 0 heterocycles. The Labute approximate surface area is 129 Å². The highest BCUT2D eigenvalue weighted by Gasteiger charge is 2.31. The predicted octanol–water partition coefficient (Wildman–Crippen LogP) is 1.44. The fourth-order valence-electron chi connectivity index (χ4n) is 1.70. The SMILES string of the molecule is C=CC(=O)NCCCCOc1ccc(C(C)(O)C(=O)O)cc1. The fourth-order valence-corrected chi connectivity index (χ4v) is 1.70. The highest BCUT2D eigenvalue weighted by atomic mass is 16.5. The number of aliphatic carboxylic acids is 1. The summed E-state index contributed by atoms with van der Waals surface area (Å²) in [6, 6.07) is 6.28. The van der Waals surface area contributed by atoms with Crippen molar-refractivity contribution in [1.82, 2.24) is 5.32 Å². The molecule has 0 aliphatic rings. The zero-order valence-corrected chi connectivity index (χ0v) is 12.5. The molecule has 6 heteroatoms. The van der Waals surface area contributed by atoms with Crippen LogP contribution in [0.2, 0.25) is 0 Å². The van der Waals surface area contributed by atoms with Crippen LogP contribution in [0.1, 0.15) is 25.3 Å². The van der Waals surface area contributed by atoms with Crippen LogP contribution in [0.15, 0.2) is 36.9 Å². The highest BCUT2D eigenvalue weighted by Crippen LogP contribution is 2.23. The molecule has 120 valence electrons. The molecule has 6 nitrogen and oxygen atoms in total. The molecule has 0 saturated heterocycles. The molecule has 1 rings (SSSR count). The van der Waals surface area contributed by atoms with Crippen LogP contribution >= 0.6 is 0 Å². The van der Waals surface area contributed by atoms with Crippen molar-refractivity contribution in [2.45, 2.75) is 25.4 Å². The maximum absolute atomic E-state index is 10.9. The van der Waals surface area contributed by atoms with Crippen molar-refractivity contribution in [3.05, 3.63) is 42.5 Å². The number of unbranched alkanes of at least 4 members (excludes halogenated alkanes) is 1. The van der Waals surface area contributed by atoms with Crippen LogP contribution in [0.4, 0.5) is 0 Å². The molecule has 0 aliphatic heterocycles. The van der Waals surface area contributed by atoms with Gasteiger partial charge in [0, 0.05) is 6.54 Å². The number of rotatable bonds is 9. The number of hydrogen-bond donors (Lipinski definition) is 3. The molecule has 1 aromatic carbocycles. The number of amides is 1. The average Bonchev–Trinajstić information content (AvgIpc) is 2.50. The van der Waals surface area contributed by atoms with Crippen molar-refractivity contribution >= 4 is 11.9 Å². The Morgan fingerprint density at radius 3 is 2.50 bits per heavy atom. The van der Waals surface area contributed by atoms with Gasteiger partial charge in [-0.2, -0.15) is 0 Å². The van der Waals surface area contributed by atoms with Gasteiger partial charge >= 0.3 is 5.97 Å². The Balaban J connectivity index is 2.35. The molecule has 0 spiro atoms. The minimum Gasteiger partial charge on any atom is -0.494 e. The first-order chi connectivity index (χ1) is 10.4. The summed E-state index contributed by atoms with van der Waals surface area (Å²) in [7, 11) is 0. The maximum Gasteiger partial charge on any atom is 0.340 e. The topological polar surface area (TPSA) is 95.9 Å². The Kier molecular flexibility index (Phi) is 6.59. The van der Waals surface area contributed by atoms with Crippen molar-refractivity contribution in [2.24, 2.45) is 0 Å². The van der Waals surface area contributed by atoms with Crippen molar-refractivity contribution in [3.63, 3.8) is 0 Å². The lowest BCUT2D eigenvalue weighted by Gasteiger charge is -2.18. The molecule has 1 aromatic rings. The highest BCUT2D eigenvalue weighted by molar-refractivity contribution is 5.86. The zero-order valence-electron chi connectivity index (χ0n) is 12.5. The fraction of sp³-hybridized carbons (Fsp3) is 0.375. The van der Waals surface area contributed by atoms with E-state index in [0.717, 1.165) is 12.8 Å². The van der Waals surface area contributed by atoms with E-state index in [0.29, 0.717) is 24.5 Å². The van der Waals surface area contributed by atoms with E-state index in [1.807, 2.05) is 0 Å². The first kappa shape index (κ1) is 17.7. The number of aliphatic hydroxyl groups is 1. The van der Waals surface area contributed by atoms with Crippen molar-refractivity contribution < 1.29 is 24.5 Å². The molecule has 1 atom stereocenters. The van der Waals surface area contributed by atoms with Gasteiger partial charge in [0.25, 0.3) is 0 Å². The van der Waals surface area contributed by atoms with Gasteiger partial charge in [0.05, 0.1) is 6.61 Å². The van der Waals surface area contributed by atoms with E-state index in [1.165, 1.54) is 25.1 Å². The summed E-state index contributed by atoms with van der Waals surface area (Å²) >= 11 is 0. The molecule has 0 aliphatic carbocycles. The number of carbonyl (C=O) groups is 2. The van der Waals surface area contributed by atoms with Crippen LogP contribution in [-0.2, 0) is 15.2 Å². The first-order valence-corrected chi connectivity index (χ1v) is 6.97. The third-order valence-corrected chi connectivity index (χ3v) is 3.16. The zero-order chi connectivity index (χ0) is 16.6. The van der Waals surface area contributed by atoms with Gasteiger partial charge in [0.1, 0.15) is 5.75 Å². The van der Waals surface area contributed by atoms with Gasteiger partial charge in [-0.15, -0.1) is 0 Å². The lowest BCUT2D eigenvalue weighted by Crippen LogP contribution is -2.31. The second kappa shape index (κ2) is 8.19. The van der Waals surface area contributed by atoms with Crippen LogP contribution < -0.4 is 10.1 Å². The van der Waals surface area contributed by atoms with E-state index in [2.05, 4.69) is 11.9 Å². The second-order valence-corrected chi connectivity index (χ2v) is 4.95. The summed E-state index contributed by atoms with van der Waals surface area (Å²) in [5.74, 6) is -0.898. The molecular formula is C16H21NO5. The van der Waals surface area contributed by atoms with Crippen LogP contribution in [0.25, 0.3) is 0 Å². The number of carboxylic acids is 1. The van der Waals surface area contributed by atoms with Crippen molar-refractivity contribution in [2.75, 3.05) is 13.2 Å². The minimum atomic E-state index is -1.91. The summed E-state index contributed by atoms with van der Waals surface area (Å²) in [5, 5.41) is 21.4. The first-order valence-electron chi connectivity index (χ1n) is 6.97. The van der Waals surface area contributed by atoms with Gasteiger partial charge in [0.15, 0.2) is 5.60 Å². The Bertz CT molecular complexity index is 522. The molecule has 0 fully saturated rings. The molecule has 22 heavy (non-hydrogen) atoms. The van der Waals surface area contributed by atoms with E-state index < -0.39 is 11.6 Å². The van der Waals surface area contributed by atoms with E-state index >= 15 is 0 Å². The van der Waals surface area contributed by atoms with Crippen LogP contribution in [-0.4, -0.2) is 35.2 Å². The lowest BCUT2D eigenvalue weighted by molar-refractivity contribution is -0.157. The standard InChI is InChI=1S/C16H21NO5/c1-3-14(18)17-10-4-5-11-22-13-8-6-12(7-9-13)16(2,21)15(19)20/h3,6-9,21H,1,4-5,10-11H2,2H3,(H,17,18)(H,19,20). The molecule has 0 aromatic heterocycles. The largest absolute Gasteiger partial charge is 0.494 e. The summed E-state index contributed by atoms with van der Waals surface area (Å²) < 4.78 is 5.51. The van der Waals surface area contributed by atoms with Crippen LogP contribution in [0.3, 0.4) is 0 Å². The molecular weight excluding hydrogens is 286 g/mol. The van der Waals surface area contributed by atoms with Crippen molar-refractivity contribution in [1.29, 1.82) is 0 Å². The van der Waals surface area contributed by atoms with Crippen LogP contribution in [0.5, 0.6) is 5.75 Å². The quantitative estimate of drug-likeness (QED) is 0.474. The van der Waals surface area contributed by atoms with Gasteiger partial charge in [0.2, 0.25) is 5.91 Å². The molecule has 3 N–H and O–H groups in total. The Morgan fingerprint density at radius 1 is 1.32 bits per heavy atom. The third kappa shape index (κ3) is 5.21. The Hall–Kier alpha value is -2.34. The summed E-state index contributed by atoms with van der Waals surface area (Å²) in [6.45, 7) is 5.63.